The second kappa shape index (κ2) is 4.59. The maximum Gasteiger partial charge on any atom is 0.337 e. The van der Waals surface area contributed by atoms with Gasteiger partial charge in [-0.1, -0.05) is 20.3 Å². The number of nitrogens with one attached hydrogen (secondary N) is 1. The molecule has 1 aromatic carbocycles. The molecule has 1 fully saturated rings. The van der Waals surface area contributed by atoms with Crippen molar-refractivity contribution >= 4 is 11.7 Å². The summed E-state index contributed by atoms with van der Waals surface area (Å²) in [6, 6.07) is 4.09. The summed E-state index contributed by atoms with van der Waals surface area (Å²) in [4.78, 5) is 11.1. The van der Waals surface area contributed by atoms with Gasteiger partial charge in [-0.15, -0.1) is 0 Å². The highest BCUT2D eigenvalue weighted by atomic mass is 19.1. The lowest BCUT2D eigenvalue weighted by Crippen LogP contribution is -2.31. The van der Waals surface area contributed by atoms with Crippen molar-refractivity contribution in [2.75, 3.05) is 5.32 Å². The van der Waals surface area contributed by atoms with Gasteiger partial charge < -0.3 is 10.4 Å². The molecule has 4 heteroatoms. The monoisotopic (exact) mass is 251 g/mol. The number of hydrogen-bond donors (Lipinski definition) is 2. The van der Waals surface area contributed by atoms with Crippen LogP contribution in [0.2, 0.25) is 0 Å². The summed E-state index contributed by atoms with van der Waals surface area (Å²) in [6.45, 7) is 4.34. The van der Waals surface area contributed by atoms with Crippen LogP contribution >= 0.6 is 0 Å². The molecule has 0 amide bonds. The summed E-state index contributed by atoms with van der Waals surface area (Å²) in [5, 5.41) is 12.3. The number of carboxylic acids is 1. The number of anilines is 1. The maximum atomic E-state index is 13.1. The molecule has 0 radical (unpaired) electrons. The van der Waals surface area contributed by atoms with E-state index in [0.717, 1.165) is 25.3 Å². The van der Waals surface area contributed by atoms with Crippen LogP contribution in [0, 0.1) is 11.2 Å². The average Bonchev–Trinajstić information content (AvgIpc) is 2.60. The van der Waals surface area contributed by atoms with Crippen molar-refractivity contribution in [3.63, 3.8) is 0 Å². The standard InChI is InChI=1S/C14H18FNO2/c1-14(2)7-3-4-12(14)16-11-6-5-9(15)8-10(11)13(17)18/h5-6,8,12,16H,3-4,7H2,1-2H3,(H,17,18). The zero-order valence-electron chi connectivity index (χ0n) is 10.7. The van der Waals surface area contributed by atoms with Gasteiger partial charge >= 0.3 is 5.97 Å². The molecule has 2 N–H and O–H groups in total. The zero-order valence-corrected chi connectivity index (χ0v) is 10.7. The van der Waals surface area contributed by atoms with Crippen LogP contribution in [0.5, 0.6) is 0 Å². The summed E-state index contributed by atoms with van der Waals surface area (Å²) in [5.41, 5.74) is 0.644. The summed E-state index contributed by atoms with van der Waals surface area (Å²) >= 11 is 0. The molecular formula is C14H18FNO2. The molecule has 1 unspecified atom stereocenters. The summed E-state index contributed by atoms with van der Waals surface area (Å²) in [7, 11) is 0. The van der Waals surface area contributed by atoms with Gasteiger partial charge in [0.15, 0.2) is 0 Å². The number of benzene rings is 1. The van der Waals surface area contributed by atoms with E-state index in [0.29, 0.717) is 5.69 Å². The van der Waals surface area contributed by atoms with E-state index in [2.05, 4.69) is 19.2 Å². The van der Waals surface area contributed by atoms with Gasteiger partial charge in [-0.3, -0.25) is 0 Å². The number of aromatic carboxylic acids is 1. The molecule has 1 aliphatic carbocycles. The highest BCUT2D eigenvalue weighted by molar-refractivity contribution is 5.94. The fourth-order valence-electron chi connectivity index (χ4n) is 2.60. The minimum absolute atomic E-state index is 0.00213. The van der Waals surface area contributed by atoms with Gasteiger partial charge in [-0.2, -0.15) is 0 Å². The van der Waals surface area contributed by atoms with Gasteiger partial charge in [-0.25, -0.2) is 9.18 Å². The van der Waals surface area contributed by atoms with Crippen LogP contribution < -0.4 is 5.32 Å². The van der Waals surface area contributed by atoms with Crippen molar-refractivity contribution in [2.24, 2.45) is 5.41 Å². The number of carbonyl (C=O) groups is 1. The fourth-order valence-corrected chi connectivity index (χ4v) is 2.60. The third-order valence-electron chi connectivity index (χ3n) is 3.80. The minimum Gasteiger partial charge on any atom is -0.478 e. The molecule has 0 spiro atoms. The van der Waals surface area contributed by atoms with Gasteiger partial charge in [0.1, 0.15) is 5.82 Å². The maximum absolute atomic E-state index is 13.1. The van der Waals surface area contributed by atoms with Gasteiger partial charge in [0.25, 0.3) is 0 Å². The Balaban J connectivity index is 2.26. The molecule has 0 aliphatic heterocycles. The van der Waals surface area contributed by atoms with E-state index in [1.54, 1.807) is 0 Å². The number of hydrogen-bond acceptors (Lipinski definition) is 2. The molecule has 0 saturated heterocycles. The molecule has 2 rings (SSSR count). The van der Waals surface area contributed by atoms with E-state index in [-0.39, 0.29) is 17.0 Å². The van der Waals surface area contributed by atoms with Crippen molar-refractivity contribution in [1.29, 1.82) is 0 Å². The lowest BCUT2D eigenvalue weighted by Gasteiger charge is -2.29. The largest absolute Gasteiger partial charge is 0.478 e. The highest BCUT2D eigenvalue weighted by Crippen LogP contribution is 2.39. The first-order valence-corrected chi connectivity index (χ1v) is 6.19. The molecule has 1 aromatic rings. The molecule has 0 aromatic heterocycles. The van der Waals surface area contributed by atoms with E-state index < -0.39 is 11.8 Å². The first kappa shape index (κ1) is 12.9. The predicted molar refractivity (Wildman–Crippen MR) is 68.4 cm³/mol. The van der Waals surface area contributed by atoms with Crippen LogP contribution in [0.25, 0.3) is 0 Å². The van der Waals surface area contributed by atoms with E-state index in [9.17, 15) is 9.18 Å². The molecule has 1 saturated carbocycles. The molecule has 1 aliphatic rings. The molecule has 3 nitrogen and oxygen atoms in total. The first-order chi connectivity index (χ1) is 8.40. The molecule has 18 heavy (non-hydrogen) atoms. The van der Waals surface area contributed by atoms with Crippen molar-refractivity contribution < 1.29 is 14.3 Å². The van der Waals surface area contributed by atoms with Gasteiger partial charge in [-0.05, 0) is 36.5 Å². The number of carboxylic acid groups (broad SMARTS) is 1. The van der Waals surface area contributed by atoms with Crippen molar-refractivity contribution in [3.8, 4) is 0 Å². The van der Waals surface area contributed by atoms with E-state index >= 15 is 0 Å². The molecule has 0 heterocycles. The Morgan fingerprint density at radius 3 is 2.78 bits per heavy atom. The van der Waals surface area contributed by atoms with Gasteiger partial charge in [0.2, 0.25) is 0 Å². The molecule has 98 valence electrons. The number of rotatable bonds is 3. The fraction of sp³-hybridized carbons (Fsp3) is 0.500. The minimum atomic E-state index is -1.10. The smallest absolute Gasteiger partial charge is 0.337 e. The average molecular weight is 251 g/mol. The predicted octanol–water partition coefficient (Wildman–Crippen LogP) is 3.51. The number of halogens is 1. The van der Waals surface area contributed by atoms with Crippen LogP contribution in [0.15, 0.2) is 18.2 Å². The SMILES string of the molecule is CC1(C)CCCC1Nc1ccc(F)cc1C(=O)O. The van der Waals surface area contributed by atoms with E-state index in [1.807, 2.05) is 0 Å². The van der Waals surface area contributed by atoms with E-state index in [1.165, 1.54) is 12.1 Å². The topological polar surface area (TPSA) is 49.3 Å². The van der Waals surface area contributed by atoms with Crippen LogP contribution in [-0.2, 0) is 0 Å². The van der Waals surface area contributed by atoms with Crippen molar-refractivity contribution in [1.82, 2.24) is 0 Å². The lowest BCUT2D eigenvalue weighted by molar-refractivity contribution is 0.0697. The van der Waals surface area contributed by atoms with Crippen LogP contribution in [0.3, 0.4) is 0 Å². The quantitative estimate of drug-likeness (QED) is 0.864. The second-order valence-electron chi connectivity index (χ2n) is 5.57. The lowest BCUT2D eigenvalue weighted by atomic mass is 9.87. The van der Waals surface area contributed by atoms with Crippen LogP contribution in [-0.4, -0.2) is 17.1 Å². The third kappa shape index (κ3) is 2.47. The Hall–Kier alpha value is -1.58. The van der Waals surface area contributed by atoms with Crippen molar-refractivity contribution in [3.05, 3.63) is 29.6 Å². The Labute approximate surface area is 106 Å². The normalized spacial score (nSPS) is 21.8. The Morgan fingerprint density at radius 1 is 1.50 bits per heavy atom. The Bertz CT molecular complexity index is 471. The third-order valence-corrected chi connectivity index (χ3v) is 3.80. The summed E-state index contributed by atoms with van der Waals surface area (Å²) in [6.07, 6.45) is 3.27. The molecule has 0 bridgehead atoms. The van der Waals surface area contributed by atoms with Crippen molar-refractivity contribution in [2.45, 2.75) is 39.2 Å². The molecule has 1 atom stereocenters. The second-order valence-corrected chi connectivity index (χ2v) is 5.57. The Kier molecular flexibility index (Phi) is 3.28. The first-order valence-electron chi connectivity index (χ1n) is 6.19. The summed E-state index contributed by atoms with van der Waals surface area (Å²) in [5.74, 6) is -1.63. The zero-order chi connectivity index (χ0) is 13.3. The van der Waals surface area contributed by atoms with E-state index in [4.69, 9.17) is 5.11 Å². The van der Waals surface area contributed by atoms with Gasteiger partial charge in [0, 0.05) is 11.7 Å². The highest BCUT2D eigenvalue weighted by Gasteiger charge is 2.34. The van der Waals surface area contributed by atoms with Crippen LogP contribution in [0.1, 0.15) is 43.5 Å². The van der Waals surface area contributed by atoms with Gasteiger partial charge in [0.05, 0.1) is 5.56 Å². The Morgan fingerprint density at radius 2 is 2.22 bits per heavy atom. The van der Waals surface area contributed by atoms with Crippen LogP contribution in [0.4, 0.5) is 10.1 Å². The summed E-state index contributed by atoms with van der Waals surface area (Å²) < 4.78 is 13.1. The molecular weight excluding hydrogens is 233 g/mol.